The van der Waals surface area contributed by atoms with Crippen molar-refractivity contribution in [2.24, 2.45) is 22.9 Å². The highest BCUT2D eigenvalue weighted by atomic mass is 16.6. The van der Waals surface area contributed by atoms with Gasteiger partial charge in [0, 0.05) is 36.5 Å². The molecule has 0 bridgehead atoms. The number of carbonyl (C=O) groups excluding carboxylic acids is 2. The van der Waals surface area contributed by atoms with Crippen molar-refractivity contribution in [2.45, 2.75) is 51.4 Å². The smallest absolute Gasteiger partial charge is 0.278 e. The van der Waals surface area contributed by atoms with Crippen LogP contribution >= 0.6 is 0 Å². The van der Waals surface area contributed by atoms with Crippen LogP contribution in [0.2, 0.25) is 0 Å². The number of hydrogen-bond donors (Lipinski definition) is 4. The minimum Gasteiger partial charge on any atom is -0.497 e. The molecule has 4 aromatic carbocycles. The van der Waals surface area contributed by atoms with Crippen molar-refractivity contribution in [2.75, 3.05) is 27.4 Å². The fourth-order valence-electron chi connectivity index (χ4n) is 6.00. The van der Waals surface area contributed by atoms with Gasteiger partial charge in [0.1, 0.15) is 48.4 Å². The summed E-state index contributed by atoms with van der Waals surface area (Å²) in [6.45, 7) is 2.98. The quantitative estimate of drug-likeness (QED) is 0.0675. The van der Waals surface area contributed by atoms with Gasteiger partial charge in [0.05, 0.1) is 47.3 Å². The van der Waals surface area contributed by atoms with Crippen molar-refractivity contribution in [3.63, 3.8) is 0 Å². The molecule has 56 heavy (non-hydrogen) atoms. The molecule has 18 heteroatoms. The molecule has 0 aromatic heterocycles. The third-order valence-corrected chi connectivity index (χ3v) is 8.73. The Hall–Kier alpha value is -6.34. The number of hydrogen-bond acceptors (Lipinski definition) is 14. The van der Waals surface area contributed by atoms with Gasteiger partial charge in [-0.1, -0.05) is 24.3 Å². The maximum atomic E-state index is 12.6. The second-order valence-electron chi connectivity index (χ2n) is 12.2. The van der Waals surface area contributed by atoms with Crippen LogP contribution in [0.5, 0.6) is 23.0 Å². The summed E-state index contributed by atoms with van der Waals surface area (Å²) in [6.07, 6.45) is -2.72. The molecule has 0 radical (unpaired) electrons. The summed E-state index contributed by atoms with van der Waals surface area (Å²) in [7, 11) is 3.02. The molecule has 4 rings (SSSR count). The second-order valence-corrected chi connectivity index (χ2v) is 12.2. The average molecular weight is 777 g/mol. The van der Waals surface area contributed by atoms with Crippen LogP contribution in [0.1, 0.15) is 68.9 Å². The first-order chi connectivity index (χ1) is 26.7. The SMILES string of the molecule is CCO[C@@H](C(N)c1c(OCc2ccc(OC)cc2)cc(C(N)=O)cc1[N+](=O)[O-])[C@@H](OCC)C(N)c1c(OCc2ccc(OC)cc2)cc(C(N)=O)cc1[N+](=O)[O-]. The molecule has 8 N–H and O–H groups in total. The van der Waals surface area contributed by atoms with Crippen LogP contribution in [0, 0.1) is 20.2 Å². The number of nitro groups is 2. The van der Waals surface area contributed by atoms with E-state index < -0.39 is 57.3 Å². The van der Waals surface area contributed by atoms with E-state index >= 15 is 0 Å². The maximum absolute atomic E-state index is 12.6. The van der Waals surface area contributed by atoms with Crippen molar-refractivity contribution in [1.29, 1.82) is 0 Å². The number of rotatable bonds is 21. The number of ether oxygens (including phenoxy) is 6. The first kappa shape index (κ1) is 42.4. The molecule has 298 valence electrons. The Balaban J connectivity index is 1.87. The number of primary amides is 2. The van der Waals surface area contributed by atoms with Gasteiger partial charge in [0.2, 0.25) is 11.8 Å². The third-order valence-electron chi connectivity index (χ3n) is 8.73. The van der Waals surface area contributed by atoms with Crippen LogP contribution in [0.15, 0.2) is 72.8 Å². The maximum Gasteiger partial charge on any atom is 0.278 e. The molecule has 2 amide bonds. The average Bonchev–Trinajstić information content (AvgIpc) is 3.19. The first-order valence-corrected chi connectivity index (χ1v) is 17.2. The Labute approximate surface area is 321 Å². The fourth-order valence-corrected chi connectivity index (χ4v) is 6.00. The topological polar surface area (TPSA) is 280 Å². The molecule has 4 aromatic rings. The van der Waals surface area contributed by atoms with E-state index in [2.05, 4.69) is 0 Å². The van der Waals surface area contributed by atoms with Crippen molar-refractivity contribution < 1.29 is 47.9 Å². The van der Waals surface area contributed by atoms with E-state index in [0.717, 1.165) is 12.1 Å². The summed E-state index contributed by atoms with van der Waals surface area (Å²) in [5, 5.41) is 25.2. The first-order valence-electron chi connectivity index (χ1n) is 17.2. The monoisotopic (exact) mass is 776 g/mol. The molecule has 0 aliphatic heterocycles. The predicted molar refractivity (Wildman–Crippen MR) is 203 cm³/mol. The highest BCUT2D eigenvalue weighted by molar-refractivity contribution is 5.95. The van der Waals surface area contributed by atoms with Gasteiger partial charge >= 0.3 is 0 Å². The summed E-state index contributed by atoms with van der Waals surface area (Å²) < 4.78 is 34.8. The lowest BCUT2D eigenvalue weighted by atomic mass is 9.88. The minimum absolute atomic E-state index is 0.0204. The summed E-state index contributed by atoms with van der Waals surface area (Å²) in [6, 6.07) is 15.1. The molecule has 0 aliphatic carbocycles. The van der Waals surface area contributed by atoms with Crippen molar-refractivity contribution in [3.8, 4) is 23.0 Å². The molecule has 0 spiro atoms. The van der Waals surface area contributed by atoms with Gasteiger partial charge < -0.3 is 51.4 Å². The van der Waals surface area contributed by atoms with Gasteiger partial charge in [-0.3, -0.25) is 29.8 Å². The van der Waals surface area contributed by atoms with Crippen LogP contribution in [-0.2, 0) is 22.7 Å². The molecule has 2 unspecified atom stereocenters. The van der Waals surface area contributed by atoms with Gasteiger partial charge in [-0.05, 0) is 61.4 Å². The molecule has 0 saturated carbocycles. The van der Waals surface area contributed by atoms with Crippen LogP contribution < -0.4 is 41.9 Å². The standard InChI is InChI=1S/C38H44N6O12/c1-5-53-35(33(39)31-27(43(47)48)15-23(37(41)45)17-29(31)55-19-21-7-11-25(51-3)12-8-21)36(54-6-2)34(40)32-28(44(49)50)16-24(38(42)46)18-30(32)56-20-22-9-13-26(52-4)14-10-22/h7-18,33-36H,5-6,19-20,39-40H2,1-4H3,(H2,41,45)(H2,42,46)/t33?,34?,35-,36-/m0/s1. The molecule has 0 aliphatic rings. The summed E-state index contributed by atoms with van der Waals surface area (Å²) in [5.74, 6) is -1.09. The number of carbonyl (C=O) groups is 2. The van der Waals surface area contributed by atoms with Crippen molar-refractivity contribution in [3.05, 3.63) is 126 Å². The van der Waals surface area contributed by atoms with E-state index in [9.17, 15) is 29.8 Å². The number of benzene rings is 4. The number of nitro benzene ring substituents is 2. The predicted octanol–water partition coefficient (Wildman–Crippen LogP) is 4.39. The Morgan fingerprint density at radius 1 is 0.625 bits per heavy atom. The summed E-state index contributed by atoms with van der Waals surface area (Å²) in [5.41, 5.74) is 24.1. The van der Waals surface area contributed by atoms with Crippen LogP contribution in [0.3, 0.4) is 0 Å². The Kier molecular flexibility index (Phi) is 14.6. The van der Waals surface area contributed by atoms with Gasteiger partial charge in [-0.15, -0.1) is 0 Å². The van der Waals surface area contributed by atoms with Crippen LogP contribution in [-0.4, -0.2) is 61.3 Å². The molecular formula is C38H44N6O12. The lowest BCUT2D eigenvalue weighted by molar-refractivity contribution is -0.386. The zero-order valence-electron chi connectivity index (χ0n) is 31.2. The van der Waals surface area contributed by atoms with E-state index in [1.54, 1.807) is 62.4 Å². The number of amides is 2. The highest BCUT2D eigenvalue weighted by Crippen LogP contribution is 2.43. The van der Waals surface area contributed by atoms with Gasteiger partial charge in [-0.2, -0.15) is 0 Å². The second kappa shape index (κ2) is 19.3. The molecule has 0 fully saturated rings. The van der Waals surface area contributed by atoms with E-state index in [-0.39, 0.29) is 60.2 Å². The minimum atomic E-state index is -1.47. The van der Waals surface area contributed by atoms with Crippen molar-refractivity contribution >= 4 is 23.2 Å². The molecular weight excluding hydrogens is 732 g/mol. The zero-order chi connectivity index (χ0) is 41.1. The van der Waals surface area contributed by atoms with E-state index in [4.69, 9.17) is 51.4 Å². The lowest BCUT2D eigenvalue weighted by Gasteiger charge is -2.35. The molecule has 18 nitrogen and oxygen atoms in total. The molecule has 0 heterocycles. The lowest BCUT2D eigenvalue weighted by Crippen LogP contribution is -2.47. The largest absolute Gasteiger partial charge is 0.497 e. The Morgan fingerprint density at radius 2 is 0.964 bits per heavy atom. The fraction of sp³-hybridized carbons (Fsp3) is 0.316. The number of nitrogens with two attached hydrogens (primary N) is 4. The molecule has 0 saturated heterocycles. The third kappa shape index (κ3) is 10.0. The van der Waals surface area contributed by atoms with Crippen molar-refractivity contribution in [1.82, 2.24) is 0 Å². The van der Waals surface area contributed by atoms with Gasteiger partial charge in [0.15, 0.2) is 0 Å². The normalized spacial score (nSPS) is 13.2. The van der Waals surface area contributed by atoms with E-state index in [0.29, 0.717) is 22.6 Å². The number of nitrogens with zero attached hydrogens (tertiary/aromatic N) is 2. The Morgan fingerprint density at radius 3 is 1.23 bits per heavy atom. The number of methoxy groups -OCH3 is 2. The van der Waals surface area contributed by atoms with Crippen LogP contribution in [0.25, 0.3) is 0 Å². The van der Waals surface area contributed by atoms with Crippen LogP contribution in [0.4, 0.5) is 11.4 Å². The molecule has 4 atom stereocenters. The zero-order valence-corrected chi connectivity index (χ0v) is 31.2. The van der Waals surface area contributed by atoms with Gasteiger partial charge in [-0.25, -0.2) is 0 Å². The Bertz CT molecular complexity index is 1880. The summed E-state index contributed by atoms with van der Waals surface area (Å²) >= 11 is 0. The van der Waals surface area contributed by atoms with Gasteiger partial charge in [0.25, 0.3) is 11.4 Å². The van der Waals surface area contributed by atoms with E-state index in [1.165, 1.54) is 26.4 Å². The highest BCUT2D eigenvalue weighted by Gasteiger charge is 2.42. The summed E-state index contributed by atoms with van der Waals surface area (Å²) in [4.78, 5) is 48.3. The van der Waals surface area contributed by atoms with E-state index in [1.807, 2.05) is 0 Å².